The summed E-state index contributed by atoms with van der Waals surface area (Å²) in [6.45, 7) is 2.50. The van der Waals surface area contributed by atoms with Gasteiger partial charge in [-0.05, 0) is 48.4 Å². The molecule has 3 aromatic rings. The molecule has 1 N–H and O–H groups in total. The van der Waals surface area contributed by atoms with Gasteiger partial charge in [-0.15, -0.1) is 0 Å². The molecular weight excluding hydrogens is 378 g/mol. The van der Waals surface area contributed by atoms with E-state index in [4.69, 9.17) is 9.47 Å². The van der Waals surface area contributed by atoms with Crippen LogP contribution in [0, 0.1) is 0 Å². The van der Waals surface area contributed by atoms with Gasteiger partial charge in [-0.1, -0.05) is 54.6 Å². The molecule has 152 valence electrons. The predicted molar refractivity (Wildman–Crippen MR) is 117 cm³/mol. The van der Waals surface area contributed by atoms with E-state index in [1.54, 1.807) is 37.3 Å². The fraction of sp³-hybridized carbons (Fsp3) is 0.120. The fourth-order valence-electron chi connectivity index (χ4n) is 2.74. The summed E-state index contributed by atoms with van der Waals surface area (Å²) in [6, 6.07) is 24.1. The average molecular weight is 401 g/mol. The molecule has 0 radical (unpaired) electrons. The number of anilines is 1. The number of amides is 1. The van der Waals surface area contributed by atoms with Crippen LogP contribution in [0.3, 0.4) is 0 Å². The molecule has 0 saturated heterocycles. The number of ether oxygens (including phenoxy) is 2. The van der Waals surface area contributed by atoms with Crippen LogP contribution in [0.2, 0.25) is 0 Å². The minimum absolute atomic E-state index is 0.270. The van der Waals surface area contributed by atoms with Gasteiger partial charge >= 0.3 is 5.97 Å². The SMILES string of the molecule is CCOC(=O)c1ccccc1NC(=O)/C=C/c1ccc(OCc2ccccc2)cc1. The summed E-state index contributed by atoms with van der Waals surface area (Å²) >= 11 is 0. The van der Waals surface area contributed by atoms with Crippen molar-refractivity contribution in [1.82, 2.24) is 0 Å². The number of nitrogens with one attached hydrogen (secondary N) is 1. The highest BCUT2D eigenvalue weighted by Crippen LogP contribution is 2.17. The van der Waals surface area contributed by atoms with Gasteiger partial charge in [0.05, 0.1) is 17.9 Å². The van der Waals surface area contributed by atoms with Gasteiger partial charge in [-0.25, -0.2) is 4.79 Å². The standard InChI is InChI=1S/C25H23NO4/c1-2-29-25(28)22-10-6-7-11-23(22)26-24(27)17-14-19-12-15-21(16-13-19)30-18-20-8-4-3-5-9-20/h3-17H,2,18H2,1H3,(H,26,27)/b17-14+. The molecule has 0 heterocycles. The van der Waals surface area contributed by atoms with Crippen molar-refractivity contribution in [1.29, 1.82) is 0 Å². The first-order valence-corrected chi connectivity index (χ1v) is 9.67. The van der Waals surface area contributed by atoms with Gasteiger partial charge in [0.1, 0.15) is 12.4 Å². The highest BCUT2D eigenvalue weighted by Gasteiger charge is 2.12. The van der Waals surface area contributed by atoms with E-state index in [1.807, 2.05) is 54.6 Å². The minimum Gasteiger partial charge on any atom is -0.489 e. The Labute approximate surface area is 176 Å². The smallest absolute Gasteiger partial charge is 0.340 e. The number of rotatable bonds is 8. The van der Waals surface area contributed by atoms with Crippen LogP contribution in [0.25, 0.3) is 6.08 Å². The van der Waals surface area contributed by atoms with E-state index in [0.717, 1.165) is 16.9 Å². The summed E-state index contributed by atoms with van der Waals surface area (Å²) in [6.07, 6.45) is 3.12. The molecule has 3 aromatic carbocycles. The third-order valence-electron chi connectivity index (χ3n) is 4.24. The van der Waals surface area contributed by atoms with Gasteiger partial charge in [0.2, 0.25) is 5.91 Å². The van der Waals surface area contributed by atoms with E-state index in [0.29, 0.717) is 17.9 Å². The molecule has 0 atom stereocenters. The second-order valence-electron chi connectivity index (χ2n) is 6.43. The van der Waals surface area contributed by atoms with E-state index in [2.05, 4.69) is 5.32 Å². The quantitative estimate of drug-likeness (QED) is 0.422. The number of hydrogen-bond donors (Lipinski definition) is 1. The lowest BCUT2D eigenvalue weighted by Crippen LogP contribution is -2.13. The van der Waals surface area contributed by atoms with E-state index >= 15 is 0 Å². The van der Waals surface area contributed by atoms with Crippen LogP contribution in [0.15, 0.2) is 84.9 Å². The van der Waals surface area contributed by atoms with Crippen LogP contribution in [-0.4, -0.2) is 18.5 Å². The van der Waals surface area contributed by atoms with E-state index in [-0.39, 0.29) is 12.5 Å². The molecule has 30 heavy (non-hydrogen) atoms. The summed E-state index contributed by atoms with van der Waals surface area (Å²) in [7, 11) is 0. The van der Waals surface area contributed by atoms with Crippen LogP contribution in [0.5, 0.6) is 5.75 Å². The molecule has 0 bridgehead atoms. The highest BCUT2D eigenvalue weighted by molar-refractivity contribution is 6.06. The van der Waals surface area contributed by atoms with E-state index < -0.39 is 5.97 Å². The molecule has 0 aliphatic rings. The molecule has 5 nitrogen and oxygen atoms in total. The molecule has 0 saturated carbocycles. The third-order valence-corrected chi connectivity index (χ3v) is 4.24. The van der Waals surface area contributed by atoms with Crippen molar-refractivity contribution in [3.63, 3.8) is 0 Å². The zero-order chi connectivity index (χ0) is 21.2. The Kier molecular flexibility index (Phi) is 7.39. The normalized spacial score (nSPS) is 10.6. The van der Waals surface area contributed by atoms with Crippen molar-refractivity contribution < 1.29 is 19.1 Å². The Balaban J connectivity index is 1.57. The highest BCUT2D eigenvalue weighted by atomic mass is 16.5. The fourth-order valence-corrected chi connectivity index (χ4v) is 2.74. The van der Waals surface area contributed by atoms with Crippen molar-refractivity contribution in [3.8, 4) is 5.75 Å². The van der Waals surface area contributed by atoms with Crippen molar-refractivity contribution >= 4 is 23.6 Å². The molecule has 1 amide bonds. The molecule has 0 spiro atoms. The van der Waals surface area contributed by atoms with Gasteiger partial charge in [-0.3, -0.25) is 4.79 Å². The van der Waals surface area contributed by atoms with Gasteiger partial charge in [0.25, 0.3) is 0 Å². The van der Waals surface area contributed by atoms with Crippen LogP contribution >= 0.6 is 0 Å². The van der Waals surface area contributed by atoms with Gasteiger partial charge in [-0.2, -0.15) is 0 Å². The molecule has 0 unspecified atom stereocenters. The second kappa shape index (κ2) is 10.6. The summed E-state index contributed by atoms with van der Waals surface area (Å²) in [5.74, 6) is -0.0524. The molecule has 0 fully saturated rings. The van der Waals surface area contributed by atoms with Gasteiger partial charge < -0.3 is 14.8 Å². The Morgan fingerprint density at radius 1 is 0.900 bits per heavy atom. The largest absolute Gasteiger partial charge is 0.489 e. The maximum absolute atomic E-state index is 12.3. The Morgan fingerprint density at radius 3 is 2.33 bits per heavy atom. The van der Waals surface area contributed by atoms with Crippen molar-refractivity contribution in [2.75, 3.05) is 11.9 Å². The molecule has 3 rings (SSSR count). The first-order valence-electron chi connectivity index (χ1n) is 9.67. The summed E-state index contributed by atoms with van der Waals surface area (Å²) < 4.78 is 10.8. The summed E-state index contributed by atoms with van der Waals surface area (Å²) in [5.41, 5.74) is 2.69. The maximum Gasteiger partial charge on any atom is 0.340 e. The first kappa shape index (κ1) is 20.9. The Bertz CT molecular complexity index is 1010. The zero-order valence-corrected chi connectivity index (χ0v) is 16.7. The second-order valence-corrected chi connectivity index (χ2v) is 6.43. The molecule has 0 aliphatic heterocycles. The lowest BCUT2D eigenvalue weighted by atomic mass is 10.1. The van der Waals surface area contributed by atoms with Crippen LogP contribution in [0.4, 0.5) is 5.69 Å². The number of carbonyl (C=O) groups excluding carboxylic acids is 2. The third kappa shape index (κ3) is 6.07. The number of benzene rings is 3. The zero-order valence-electron chi connectivity index (χ0n) is 16.7. The van der Waals surface area contributed by atoms with Crippen molar-refractivity contribution in [2.24, 2.45) is 0 Å². The Hall–Kier alpha value is -3.86. The lowest BCUT2D eigenvalue weighted by Gasteiger charge is -2.09. The van der Waals surface area contributed by atoms with E-state index in [9.17, 15) is 9.59 Å². The minimum atomic E-state index is -0.469. The summed E-state index contributed by atoms with van der Waals surface area (Å²) in [5, 5.41) is 2.72. The molecule has 5 heteroatoms. The first-order chi connectivity index (χ1) is 14.7. The van der Waals surface area contributed by atoms with Gasteiger partial charge in [0, 0.05) is 6.08 Å². The number of esters is 1. The maximum atomic E-state index is 12.3. The number of carbonyl (C=O) groups is 2. The van der Waals surface area contributed by atoms with Crippen LogP contribution < -0.4 is 10.1 Å². The lowest BCUT2D eigenvalue weighted by molar-refractivity contribution is -0.111. The van der Waals surface area contributed by atoms with Crippen molar-refractivity contribution in [2.45, 2.75) is 13.5 Å². The summed E-state index contributed by atoms with van der Waals surface area (Å²) in [4.78, 5) is 24.3. The topological polar surface area (TPSA) is 64.6 Å². The van der Waals surface area contributed by atoms with Crippen LogP contribution in [0.1, 0.15) is 28.4 Å². The number of para-hydroxylation sites is 1. The van der Waals surface area contributed by atoms with Gasteiger partial charge in [0.15, 0.2) is 0 Å². The number of hydrogen-bond acceptors (Lipinski definition) is 4. The van der Waals surface area contributed by atoms with Crippen molar-refractivity contribution in [3.05, 3.63) is 102 Å². The Morgan fingerprint density at radius 2 is 1.60 bits per heavy atom. The molecule has 0 aromatic heterocycles. The monoisotopic (exact) mass is 401 g/mol. The molecule has 0 aliphatic carbocycles. The average Bonchev–Trinajstić information content (AvgIpc) is 2.78. The van der Waals surface area contributed by atoms with Crippen LogP contribution in [-0.2, 0) is 16.1 Å². The molecular formula is C25H23NO4. The predicted octanol–water partition coefficient (Wildman–Crippen LogP) is 5.09. The van der Waals surface area contributed by atoms with E-state index in [1.165, 1.54) is 6.08 Å².